The lowest BCUT2D eigenvalue weighted by atomic mass is 9.94. The Bertz CT molecular complexity index is 1040. The van der Waals surface area contributed by atoms with Crippen LogP contribution in [0.1, 0.15) is 53.0 Å². The molecule has 0 radical (unpaired) electrons. The molecule has 6 heteroatoms. The summed E-state index contributed by atoms with van der Waals surface area (Å²) in [5.41, 5.74) is 2.67. The van der Waals surface area contributed by atoms with Gasteiger partial charge in [0.25, 0.3) is 11.8 Å². The predicted molar refractivity (Wildman–Crippen MR) is 119 cm³/mol. The van der Waals surface area contributed by atoms with Gasteiger partial charge in [0.2, 0.25) is 0 Å². The monoisotopic (exact) mass is 453 g/mol. The van der Waals surface area contributed by atoms with Crippen molar-refractivity contribution in [2.24, 2.45) is 0 Å². The predicted octanol–water partition coefficient (Wildman–Crippen LogP) is 5.59. The molecule has 2 N–H and O–H groups in total. The van der Waals surface area contributed by atoms with Gasteiger partial charge >= 0.3 is 0 Å². The Morgan fingerprint density at radius 3 is 2.41 bits per heavy atom. The molecule has 29 heavy (non-hydrogen) atoms. The van der Waals surface area contributed by atoms with Gasteiger partial charge in [-0.3, -0.25) is 9.59 Å². The molecule has 5 nitrogen and oxygen atoms in total. The molecule has 0 bridgehead atoms. The Morgan fingerprint density at radius 2 is 1.72 bits per heavy atom. The molecule has 1 aliphatic rings. The maximum absolute atomic E-state index is 12.8. The fraction of sp³-hybridized carbons (Fsp3) is 0.304. The Labute approximate surface area is 178 Å². The van der Waals surface area contributed by atoms with E-state index in [0.29, 0.717) is 23.0 Å². The maximum Gasteiger partial charge on any atom is 0.273 e. The highest BCUT2D eigenvalue weighted by Gasteiger charge is 2.23. The van der Waals surface area contributed by atoms with Gasteiger partial charge in [-0.25, -0.2) is 0 Å². The van der Waals surface area contributed by atoms with E-state index in [1.807, 2.05) is 36.2 Å². The van der Waals surface area contributed by atoms with Gasteiger partial charge in [0.1, 0.15) is 5.69 Å². The van der Waals surface area contributed by atoms with Crippen molar-refractivity contribution in [2.45, 2.75) is 38.1 Å². The van der Waals surface area contributed by atoms with Crippen molar-refractivity contribution in [1.29, 1.82) is 0 Å². The summed E-state index contributed by atoms with van der Waals surface area (Å²) in [6, 6.07) is 15.2. The van der Waals surface area contributed by atoms with E-state index in [1.54, 1.807) is 24.3 Å². The van der Waals surface area contributed by atoms with E-state index in [2.05, 4.69) is 26.2 Å². The number of nitrogens with one attached hydrogen (secondary N) is 2. The zero-order chi connectivity index (χ0) is 20.4. The number of carbonyl (C=O) groups excluding carboxylic acids is 2. The summed E-state index contributed by atoms with van der Waals surface area (Å²) >= 11 is 3.51. The molecule has 0 unspecified atom stereocenters. The van der Waals surface area contributed by atoms with Crippen molar-refractivity contribution in [3.05, 3.63) is 64.3 Å². The van der Waals surface area contributed by atoms with E-state index in [9.17, 15) is 9.59 Å². The summed E-state index contributed by atoms with van der Waals surface area (Å²) in [6.45, 7) is 0. The van der Waals surface area contributed by atoms with Gasteiger partial charge in [-0.05, 0) is 59.1 Å². The molecule has 1 aromatic heterocycles. The molecule has 3 aromatic rings. The minimum Gasteiger partial charge on any atom is -0.350 e. The minimum absolute atomic E-state index is 0.0353. The number of hydrogen-bond donors (Lipinski definition) is 2. The minimum atomic E-state index is -0.230. The molecule has 0 aliphatic heterocycles. The molecule has 2 amide bonds. The topological polar surface area (TPSA) is 65.2 Å². The van der Waals surface area contributed by atoms with Crippen LogP contribution in [0.25, 0.3) is 10.9 Å². The third-order valence-corrected chi connectivity index (χ3v) is 6.53. The summed E-state index contributed by atoms with van der Waals surface area (Å²) in [6.07, 6.45) is 5.80. The first-order chi connectivity index (χ1) is 14.0. The number of aromatic amines is 1. The van der Waals surface area contributed by atoms with E-state index in [4.69, 9.17) is 0 Å². The summed E-state index contributed by atoms with van der Waals surface area (Å²) < 4.78 is 0.742. The molecule has 1 fully saturated rings. The van der Waals surface area contributed by atoms with Crippen LogP contribution in [0, 0.1) is 0 Å². The standard InChI is InChI=1S/C23H24BrN3O2/c1-27(17-7-3-2-4-8-17)23(29)15-11-13-16(14-12-15)25-22(28)21-20(24)18-9-5-6-10-19(18)26-21/h5-6,9-14,17,26H,2-4,7-8H2,1H3,(H,25,28). The number of H-pyrrole nitrogens is 1. The number of fused-ring (bicyclic) bond motifs is 1. The van der Waals surface area contributed by atoms with Gasteiger partial charge in [-0.2, -0.15) is 0 Å². The van der Waals surface area contributed by atoms with Crippen LogP contribution in [0.4, 0.5) is 5.69 Å². The third-order valence-electron chi connectivity index (χ3n) is 5.70. The van der Waals surface area contributed by atoms with Crippen molar-refractivity contribution < 1.29 is 9.59 Å². The van der Waals surface area contributed by atoms with Crippen LogP contribution >= 0.6 is 15.9 Å². The molecule has 4 rings (SSSR count). The molecule has 1 aliphatic carbocycles. The average Bonchev–Trinajstić information content (AvgIpc) is 3.11. The van der Waals surface area contributed by atoms with Crippen LogP contribution in [-0.2, 0) is 0 Å². The normalized spacial score (nSPS) is 14.7. The Kier molecular flexibility index (Phi) is 5.72. The van der Waals surface area contributed by atoms with E-state index < -0.39 is 0 Å². The van der Waals surface area contributed by atoms with Gasteiger partial charge in [0.05, 0.1) is 4.47 Å². The van der Waals surface area contributed by atoms with Crippen molar-refractivity contribution in [3.63, 3.8) is 0 Å². The zero-order valence-corrected chi connectivity index (χ0v) is 18.0. The fourth-order valence-electron chi connectivity index (χ4n) is 3.99. The van der Waals surface area contributed by atoms with Crippen LogP contribution < -0.4 is 5.32 Å². The highest BCUT2D eigenvalue weighted by molar-refractivity contribution is 9.10. The van der Waals surface area contributed by atoms with Crippen molar-refractivity contribution in [3.8, 4) is 0 Å². The lowest BCUT2D eigenvalue weighted by Gasteiger charge is -2.31. The second-order valence-corrected chi connectivity index (χ2v) is 8.39. The SMILES string of the molecule is CN(C(=O)c1ccc(NC(=O)c2[nH]c3ccccc3c2Br)cc1)C1CCCCC1. The van der Waals surface area contributed by atoms with Crippen molar-refractivity contribution in [1.82, 2.24) is 9.88 Å². The summed E-state index contributed by atoms with van der Waals surface area (Å²) in [5, 5.41) is 3.86. The molecular weight excluding hydrogens is 430 g/mol. The van der Waals surface area contributed by atoms with Crippen molar-refractivity contribution >= 4 is 44.3 Å². The van der Waals surface area contributed by atoms with Gasteiger partial charge in [0.15, 0.2) is 0 Å². The van der Waals surface area contributed by atoms with Crippen LogP contribution in [0.15, 0.2) is 53.0 Å². The first-order valence-corrected chi connectivity index (χ1v) is 10.8. The first kappa shape index (κ1) is 19.7. The number of hydrogen-bond acceptors (Lipinski definition) is 2. The van der Waals surface area contributed by atoms with Crippen LogP contribution in [0.2, 0.25) is 0 Å². The van der Waals surface area contributed by atoms with E-state index in [0.717, 1.165) is 28.2 Å². The molecule has 0 atom stereocenters. The van der Waals surface area contributed by atoms with E-state index >= 15 is 0 Å². The average molecular weight is 454 g/mol. The number of halogens is 1. The van der Waals surface area contributed by atoms with Crippen LogP contribution in [-0.4, -0.2) is 34.8 Å². The van der Waals surface area contributed by atoms with Gasteiger partial charge < -0.3 is 15.2 Å². The van der Waals surface area contributed by atoms with Gasteiger partial charge in [-0.15, -0.1) is 0 Å². The molecule has 1 heterocycles. The number of anilines is 1. The Balaban J connectivity index is 1.45. The van der Waals surface area contributed by atoms with Gasteiger partial charge in [0, 0.05) is 35.2 Å². The smallest absolute Gasteiger partial charge is 0.273 e. The number of rotatable bonds is 4. The highest BCUT2D eigenvalue weighted by Crippen LogP contribution is 2.28. The highest BCUT2D eigenvalue weighted by atomic mass is 79.9. The molecule has 0 spiro atoms. The quantitative estimate of drug-likeness (QED) is 0.540. The molecule has 0 saturated heterocycles. The molecule has 150 valence electrons. The second kappa shape index (κ2) is 8.41. The zero-order valence-electron chi connectivity index (χ0n) is 16.4. The summed E-state index contributed by atoms with van der Waals surface area (Å²) in [5.74, 6) is -0.195. The number of para-hydroxylation sites is 1. The summed E-state index contributed by atoms with van der Waals surface area (Å²) in [7, 11) is 1.89. The first-order valence-electron chi connectivity index (χ1n) is 9.99. The van der Waals surface area contributed by atoms with Crippen LogP contribution in [0.3, 0.4) is 0 Å². The molecule has 2 aromatic carbocycles. The Morgan fingerprint density at radius 1 is 1.03 bits per heavy atom. The van der Waals surface area contributed by atoms with Crippen molar-refractivity contribution in [2.75, 3.05) is 12.4 Å². The summed E-state index contributed by atoms with van der Waals surface area (Å²) in [4.78, 5) is 30.5. The molecule has 1 saturated carbocycles. The number of aromatic nitrogens is 1. The lowest BCUT2D eigenvalue weighted by molar-refractivity contribution is 0.0696. The number of benzene rings is 2. The van der Waals surface area contributed by atoms with E-state index in [-0.39, 0.29) is 11.8 Å². The van der Waals surface area contributed by atoms with E-state index in [1.165, 1.54) is 19.3 Å². The lowest BCUT2D eigenvalue weighted by Crippen LogP contribution is -2.38. The van der Waals surface area contributed by atoms with Gasteiger partial charge in [-0.1, -0.05) is 37.5 Å². The Hall–Kier alpha value is -2.60. The number of amides is 2. The fourth-order valence-corrected chi connectivity index (χ4v) is 4.62. The van der Waals surface area contributed by atoms with Crippen LogP contribution in [0.5, 0.6) is 0 Å². The number of carbonyl (C=O) groups is 2. The number of nitrogens with zero attached hydrogens (tertiary/aromatic N) is 1. The maximum atomic E-state index is 12.8. The largest absolute Gasteiger partial charge is 0.350 e. The second-order valence-electron chi connectivity index (χ2n) is 7.60. The molecular formula is C23H24BrN3O2. The third kappa shape index (κ3) is 4.08.